The number of carbonyl (C=O) groups excluding carboxylic acids is 1. The summed E-state index contributed by atoms with van der Waals surface area (Å²) in [6.07, 6.45) is 3.74. The van der Waals surface area contributed by atoms with Crippen LogP contribution < -0.4 is 0 Å². The van der Waals surface area contributed by atoms with Crippen LogP contribution in [0.3, 0.4) is 0 Å². The van der Waals surface area contributed by atoms with Gasteiger partial charge in [-0.3, -0.25) is 9.48 Å². The molecule has 1 aliphatic rings. The first-order chi connectivity index (χ1) is 8.15. The monoisotopic (exact) mass is 299 g/mol. The van der Waals surface area contributed by atoms with Gasteiger partial charge in [-0.05, 0) is 18.8 Å². The zero-order valence-electron chi connectivity index (χ0n) is 10.3. The zero-order chi connectivity index (χ0) is 12.4. The number of hydrogen-bond acceptors (Lipinski definition) is 2. The predicted octanol–water partition coefficient (Wildman–Crippen LogP) is 1.84. The van der Waals surface area contributed by atoms with E-state index >= 15 is 0 Å². The number of hydrogen-bond donors (Lipinski definition) is 0. The number of carbonyl (C=O) groups is 1. The van der Waals surface area contributed by atoms with Gasteiger partial charge in [0.1, 0.15) is 0 Å². The molecule has 94 valence electrons. The van der Waals surface area contributed by atoms with Crippen LogP contribution in [0.2, 0.25) is 0 Å². The molecule has 0 radical (unpaired) electrons. The van der Waals surface area contributed by atoms with Crippen LogP contribution in [-0.4, -0.2) is 39.0 Å². The van der Waals surface area contributed by atoms with E-state index in [4.69, 9.17) is 0 Å². The van der Waals surface area contributed by atoms with Gasteiger partial charge in [-0.2, -0.15) is 5.10 Å². The van der Waals surface area contributed by atoms with Crippen molar-refractivity contribution in [1.82, 2.24) is 14.7 Å². The second-order valence-corrected chi connectivity index (χ2v) is 5.22. The van der Waals surface area contributed by atoms with Crippen molar-refractivity contribution in [3.63, 3.8) is 0 Å². The van der Waals surface area contributed by atoms with Crippen LogP contribution >= 0.6 is 15.9 Å². The first-order valence-corrected chi connectivity index (χ1v) is 7.15. The molecular weight excluding hydrogens is 282 g/mol. The van der Waals surface area contributed by atoms with Crippen LogP contribution in [0.15, 0.2) is 6.20 Å². The average Bonchev–Trinajstić information content (AvgIpc) is 2.93. The Labute approximate surface area is 110 Å². The minimum atomic E-state index is 0.137. The Bertz CT molecular complexity index is 416. The van der Waals surface area contributed by atoms with E-state index in [9.17, 15) is 4.79 Å². The topological polar surface area (TPSA) is 38.1 Å². The van der Waals surface area contributed by atoms with Crippen LogP contribution in [0.25, 0.3) is 0 Å². The van der Waals surface area contributed by atoms with E-state index in [1.165, 1.54) is 0 Å². The van der Waals surface area contributed by atoms with Gasteiger partial charge in [0.05, 0.1) is 11.3 Å². The molecule has 2 heterocycles. The second kappa shape index (κ2) is 5.21. The van der Waals surface area contributed by atoms with Gasteiger partial charge in [0.25, 0.3) is 5.91 Å². The van der Waals surface area contributed by atoms with Gasteiger partial charge in [-0.15, -0.1) is 0 Å². The number of alkyl halides is 1. The quantitative estimate of drug-likeness (QED) is 0.799. The maximum Gasteiger partial charge on any atom is 0.257 e. The van der Waals surface area contributed by atoms with Crippen LogP contribution in [0.5, 0.6) is 0 Å². The number of aryl methyl sites for hydroxylation is 2. The highest BCUT2D eigenvalue weighted by atomic mass is 79.9. The van der Waals surface area contributed by atoms with E-state index in [1.807, 2.05) is 25.1 Å². The lowest BCUT2D eigenvalue weighted by Crippen LogP contribution is -2.29. The highest BCUT2D eigenvalue weighted by Gasteiger charge is 2.28. The maximum absolute atomic E-state index is 12.4. The Morgan fingerprint density at radius 2 is 2.41 bits per heavy atom. The fraction of sp³-hybridized carbons (Fsp3) is 0.667. The van der Waals surface area contributed by atoms with Gasteiger partial charge in [0.2, 0.25) is 0 Å². The minimum Gasteiger partial charge on any atom is -0.338 e. The summed E-state index contributed by atoms with van der Waals surface area (Å²) in [5.41, 5.74) is 1.67. The van der Waals surface area contributed by atoms with Crippen LogP contribution in [0.4, 0.5) is 0 Å². The summed E-state index contributed by atoms with van der Waals surface area (Å²) in [6, 6.07) is 0. The normalized spacial score (nSPS) is 19.9. The number of aromatic nitrogens is 2. The average molecular weight is 300 g/mol. The molecule has 1 aromatic rings. The van der Waals surface area contributed by atoms with Crippen molar-refractivity contribution >= 4 is 21.8 Å². The summed E-state index contributed by atoms with van der Waals surface area (Å²) in [5, 5.41) is 5.30. The van der Waals surface area contributed by atoms with Gasteiger partial charge in [-0.25, -0.2) is 0 Å². The highest BCUT2D eigenvalue weighted by molar-refractivity contribution is 9.09. The Hall–Kier alpha value is -0.840. The summed E-state index contributed by atoms with van der Waals surface area (Å²) < 4.78 is 1.73. The second-order valence-electron chi connectivity index (χ2n) is 4.58. The van der Waals surface area contributed by atoms with Crippen molar-refractivity contribution in [1.29, 1.82) is 0 Å². The molecule has 17 heavy (non-hydrogen) atoms. The van der Waals surface area contributed by atoms with Crippen molar-refractivity contribution in [2.45, 2.75) is 19.8 Å². The van der Waals surface area contributed by atoms with Crippen molar-refractivity contribution in [3.8, 4) is 0 Å². The van der Waals surface area contributed by atoms with Gasteiger partial charge < -0.3 is 4.90 Å². The Kier molecular flexibility index (Phi) is 3.86. The molecule has 1 unspecified atom stereocenters. The fourth-order valence-electron chi connectivity index (χ4n) is 2.29. The SMILES string of the molecule is CCc1nn(C)cc1C(=O)N1CCC(CBr)C1. The predicted molar refractivity (Wildman–Crippen MR) is 70.4 cm³/mol. The standard InChI is InChI=1S/C12H18BrN3O/c1-3-11-10(8-15(2)14-11)12(17)16-5-4-9(6-13)7-16/h8-9H,3-7H2,1-2H3. The third-order valence-corrected chi connectivity index (χ3v) is 4.18. The van der Waals surface area contributed by atoms with Gasteiger partial charge in [-0.1, -0.05) is 22.9 Å². The molecule has 0 saturated carbocycles. The number of rotatable bonds is 3. The fourth-order valence-corrected chi connectivity index (χ4v) is 2.82. The van der Waals surface area contributed by atoms with Crippen molar-refractivity contribution in [2.75, 3.05) is 18.4 Å². The van der Waals surface area contributed by atoms with Crippen molar-refractivity contribution < 1.29 is 4.79 Å². The zero-order valence-corrected chi connectivity index (χ0v) is 11.9. The molecule has 2 rings (SSSR count). The molecule has 0 N–H and O–H groups in total. The largest absolute Gasteiger partial charge is 0.338 e. The lowest BCUT2D eigenvalue weighted by atomic mass is 10.1. The molecule has 1 atom stereocenters. The number of likely N-dealkylation sites (tertiary alicyclic amines) is 1. The lowest BCUT2D eigenvalue weighted by molar-refractivity contribution is 0.0787. The van der Waals surface area contributed by atoms with Gasteiger partial charge in [0, 0.05) is 31.7 Å². The number of nitrogens with zero attached hydrogens (tertiary/aromatic N) is 3. The first kappa shape index (κ1) is 12.6. The lowest BCUT2D eigenvalue weighted by Gasteiger charge is -2.15. The molecule has 0 spiro atoms. The van der Waals surface area contributed by atoms with Gasteiger partial charge in [0.15, 0.2) is 0 Å². The van der Waals surface area contributed by atoms with Crippen LogP contribution in [0, 0.1) is 5.92 Å². The van der Waals surface area contributed by atoms with Crippen molar-refractivity contribution in [2.24, 2.45) is 13.0 Å². The molecule has 0 bridgehead atoms. The maximum atomic E-state index is 12.4. The Morgan fingerprint density at radius 1 is 1.65 bits per heavy atom. The van der Waals surface area contributed by atoms with E-state index in [2.05, 4.69) is 21.0 Å². The number of halogens is 1. The molecule has 5 heteroatoms. The number of amides is 1. The third-order valence-electron chi connectivity index (χ3n) is 3.26. The van der Waals surface area contributed by atoms with E-state index in [1.54, 1.807) is 4.68 Å². The van der Waals surface area contributed by atoms with Crippen LogP contribution in [-0.2, 0) is 13.5 Å². The molecule has 0 aromatic carbocycles. The van der Waals surface area contributed by atoms with E-state index in [-0.39, 0.29) is 5.91 Å². The Balaban J connectivity index is 2.14. The van der Waals surface area contributed by atoms with Crippen molar-refractivity contribution in [3.05, 3.63) is 17.5 Å². The smallest absolute Gasteiger partial charge is 0.257 e. The summed E-state index contributed by atoms with van der Waals surface area (Å²) >= 11 is 3.49. The highest BCUT2D eigenvalue weighted by Crippen LogP contribution is 2.21. The van der Waals surface area contributed by atoms with Crippen LogP contribution in [0.1, 0.15) is 29.4 Å². The molecular formula is C12H18BrN3O. The molecule has 0 aliphatic carbocycles. The van der Waals surface area contributed by atoms with E-state index in [0.717, 1.165) is 42.5 Å². The molecule has 1 aliphatic heterocycles. The van der Waals surface area contributed by atoms with E-state index in [0.29, 0.717) is 5.92 Å². The molecule has 1 aromatic heterocycles. The minimum absolute atomic E-state index is 0.137. The summed E-state index contributed by atoms with van der Waals surface area (Å²) in [5.74, 6) is 0.735. The molecule has 1 fully saturated rings. The molecule has 1 amide bonds. The first-order valence-electron chi connectivity index (χ1n) is 6.03. The molecule has 4 nitrogen and oxygen atoms in total. The Morgan fingerprint density at radius 3 is 3.00 bits per heavy atom. The van der Waals surface area contributed by atoms with Gasteiger partial charge >= 0.3 is 0 Å². The third kappa shape index (κ3) is 2.54. The van der Waals surface area contributed by atoms with E-state index < -0.39 is 0 Å². The summed E-state index contributed by atoms with van der Waals surface area (Å²) in [4.78, 5) is 14.3. The summed E-state index contributed by atoms with van der Waals surface area (Å²) in [6.45, 7) is 3.76. The molecule has 1 saturated heterocycles. The summed E-state index contributed by atoms with van der Waals surface area (Å²) in [7, 11) is 1.86.